The predicted molar refractivity (Wildman–Crippen MR) is 193 cm³/mol. The topological polar surface area (TPSA) is 0 Å². The maximum Gasteiger partial charge on any atom is 0.0809 e. The molecular formula is C24Cl18. The molecule has 0 unspecified atom stereocenters. The fourth-order valence-corrected chi connectivity index (χ4v) is 8.59. The van der Waals surface area contributed by atoms with E-state index in [0.29, 0.717) is 0 Å². The van der Waals surface area contributed by atoms with Crippen LogP contribution in [0, 0.1) is 0 Å². The Kier molecular flexibility index (Phi) is 12.2. The standard InChI is InChI=1S/C24Cl18/c25-7-1(3(9(27)17(35)15(7)33)5-11(29)19(37)23(41)20(38)12(5)30)2-4(10(28)18(36)16(34)8(2)26)6-13(31)21(39)24(42)22(40)14(6)32. The van der Waals surface area contributed by atoms with Crippen LogP contribution in [-0.4, -0.2) is 0 Å². The van der Waals surface area contributed by atoms with Crippen LogP contribution in [0.25, 0.3) is 33.4 Å². The van der Waals surface area contributed by atoms with Crippen LogP contribution in [0.4, 0.5) is 0 Å². The molecule has 0 saturated carbocycles. The highest BCUT2D eigenvalue weighted by molar-refractivity contribution is 6.61. The summed E-state index contributed by atoms with van der Waals surface area (Å²) in [7, 11) is 0. The summed E-state index contributed by atoms with van der Waals surface area (Å²) in [6.45, 7) is 0. The number of hydrogen-bond acceptors (Lipinski definition) is 0. The van der Waals surface area contributed by atoms with Crippen LogP contribution in [0.15, 0.2) is 0 Å². The molecule has 4 rings (SSSR count). The van der Waals surface area contributed by atoms with Gasteiger partial charge in [-0.1, -0.05) is 209 Å². The lowest BCUT2D eigenvalue weighted by Gasteiger charge is -2.25. The predicted octanol–water partition coefficient (Wildman–Crippen LogP) is 18.4. The van der Waals surface area contributed by atoms with Crippen molar-refractivity contribution >= 4 is 209 Å². The Bertz CT molecular complexity index is 1670. The molecule has 0 radical (unpaired) electrons. The normalized spacial score (nSPS) is 11.6. The van der Waals surface area contributed by atoms with Gasteiger partial charge < -0.3 is 0 Å². The Morgan fingerprint density at radius 3 is 0.381 bits per heavy atom. The smallest absolute Gasteiger partial charge is 0.0809 e. The Balaban J connectivity index is 2.42. The molecule has 4 aromatic carbocycles. The van der Waals surface area contributed by atoms with Gasteiger partial charge in [-0.05, 0) is 0 Å². The van der Waals surface area contributed by atoms with Gasteiger partial charge in [0.05, 0.1) is 90.4 Å². The summed E-state index contributed by atoms with van der Waals surface area (Å²) < 4.78 is 0. The van der Waals surface area contributed by atoms with Crippen molar-refractivity contribution in [2.75, 3.05) is 0 Å². The lowest BCUT2D eigenvalue weighted by Crippen LogP contribution is -1.99. The summed E-state index contributed by atoms with van der Waals surface area (Å²) in [6.07, 6.45) is 0. The third-order valence-electron chi connectivity index (χ3n) is 5.70. The van der Waals surface area contributed by atoms with E-state index in [1.165, 1.54) is 0 Å². The van der Waals surface area contributed by atoms with E-state index in [1.54, 1.807) is 0 Å². The molecule has 0 atom stereocenters. The number of rotatable bonds is 3. The van der Waals surface area contributed by atoms with Crippen LogP contribution in [0.1, 0.15) is 0 Å². The fraction of sp³-hybridized carbons (Fsp3) is 0. The van der Waals surface area contributed by atoms with Crippen molar-refractivity contribution < 1.29 is 0 Å². The molecule has 0 aromatic heterocycles. The molecule has 18 heteroatoms. The SMILES string of the molecule is Clc1c(Cl)c(Cl)c(-c2c(Cl)c(Cl)c(Cl)c(Cl)c2-c2c(Cl)c(Cl)c(Cl)c(Cl)c2-c2c(Cl)c(Cl)c(Cl)c(Cl)c2Cl)c(Cl)c1Cl. The molecule has 0 N–H and O–H groups in total. The van der Waals surface area contributed by atoms with E-state index in [-0.39, 0.29) is 124 Å². The van der Waals surface area contributed by atoms with Gasteiger partial charge in [0.1, 0.15) is 0 Å². The van der Waals surface area contributed by atoms with Gasteiger partial charge in [-0.25, -0.2) is 0 Å². The summed E-state index contributed by atoms with van der Waals surface area (Å²) in [6, 6.07) is 0. The largest absolute Gasteiger partial charge is 0.0819 e. The maximum absolute atomic E-state index is 6.85. The second-order valence-electron chi connectivity index (χ2n) is 7.90. The second-order valence-corrected chi connectivity index (χ2v) is 14.7. The van der Waals surface area contributed by atoms with Crippen molar-refractivity contribution in [3.8, 4) is 33.4 Å². The Morgan fingerprint density at radius 2 is 0.214 bits per heavy atom. The summed E-state index contributed by atoms with van der Waals surface area (Å²) in [4.78, 5) is 0. The van der Waals surface area contributed by atoms with Crippen LogP contribution in [0.2, 0.25) is 90.4 Å². The highest BCUT2D eigenvalue weighted by Crippen LogP contribution is 2.62. The third kappa shape index (κ3) is 5.87. The van der Waals surface area contributed by atoms with Gasteiger partial charge in [0.25, 0.3) is 0 Å². The van der Waals surface area contributed by atoms with E-state index >= 15 is 0 Å². The molecular weight excluding hydrogens is 926 g/mol. The van der Waals surface area contributed by atoms with Gasteiger partial charge in [0, 0.05) is 33.4 Å². The summed E-state index contributed by atoms with van der Waals surface area (Å²) in [5, 5.41) is -3.44. The van der Waals surface area contributed by atoms with Crippen molar-refractivity contribution in [3.05, 3.63) is 90.4 Å². The molecule has 0 fully saturated rings. The van der Waals surface area contributed by atoms with Gasteiger partial charge in [-0.15, -0.1) is 0 Å². The number of halogens is 18. The maximum atomic E-state index is 6.85. The number of hydrogen-bond donors (Lipinski definition) is 0. The van der Waals surface area contributed by atoms with Gasteiger partial charge in [-0.2, -0.15) is 0 Å². The lowest BCUT2D eigenvalue weighted by molar-refractivity contribution is 1.55. The lowest BCUT2D eigenvalue weighted by atomic mass is 9.88. The van der Waals surface area contributed by atoms with Crippen molar-refractivity contribution in [1.29, 1.82) is 0 Å². The molecule has 4 aromatic rings. The molecule has 0 bridgehead atoms. The zero-order valence-electron chi connectivity index (χ0n) is 18.8. The van der Waals surface area contributed by atoms with E-state index in [1.807, 2.05) is 0 Å². The molecule has 0 aliphatic rings. The van der Waals surface area contributed by atoms with Gasteiger partial charge in [-0.3, -0.25) is 0 Å². The first kappa shape index (κ1) is 36.9. The van der Waals surface area contributed by atoms with Gasteiger partial charge in [0.2, 0.25) is 0 Å². The quantitative estimate of drug-likeness (QED) is 0.142. The first-order chi connectivity index (χ1) is 19.4. The molecule has 0 aliphatic heterocycles. The Labute approximate surface area is 328 Å². The highest BCUT2D eigenvalue weighted by Gasteiger charge is 2.35. The van der Waals surface area contributed by atoms with Crippen LogP contribution in [0.3, 0.4) is 0 Å². The fourth-order valence-electron chi connectivity index (χ4n) is 3.85. The van der Waals surface area contributed by atoms with E-state index in [4.69, 9.17) is 209 Å². The van der Waals surface area contributed by atoms with Crippen LogP contribution in [0.5, 0.6) is 0 Å². The molecule has 222 valence electrons. The molecule has 0 heterocycles. The molecule has 0 saturated heterocycles. The summed E-state index contributed by atoms with van der Waals surface area (Å²) >= 11 is 118. The zero-order chi connectivity index (χ0) is 31.9. The minimum atomic E-state index is -0.230. The zero-order valence-corrected chi connectivity index (χ0v) is 32.4. The molecule has 0 amide bonds. The van der Waals surface area contributed by atoms with Crippen LogP contribution < -0.4 is 0 Å². The van der Waals surface area contributed by atoms with Gasteiger partial charge >= 0.3 is 0 Å². The first-order valence-corrected chi connectivity index (χ1v) is 17.0. The third-order valence-corrected chi connectivity index (χ3v) is 13.9. The summed E-state index contributed by atoms with van der Waals surface area (Å²) in [5.74, 6) is 0. The van der Waals surface area contributed by atoms with Crippen molar-refractivity contribution in [1.82, 2.24) is 0 Å². The average Bonchev–Trinajstić information content (AvgIpc) is 2.96. The molecule has 0 nitrogen and oxygen atoms in total. The molecule has 0 spiro atoms. The van der Waals surface area contributed by atoms with Gasteiger partial charge in [0.15, 0.2) is 0 Å². The molecule has 42 heavy (non-hydrogen) atoms. The Morgan fingerprint density at radius 1 is 0.119 bits per heavy atom. The summed E-state index contributed by atoms with van der Waals surface area (Å²) in [5.41, 5.74) is -0.420. The van der Waals surface area contributed by atoms with Crippen molar-refractivity contribution in [2.24, 2.45) is 0 Å². The van der Waals surface area contributed by atoms with E-state index < -0.39 is 0 Å². The van der Waals surface area contributed by atoms with E-state index in [9.17, 15) is 0 Å². The highest BCUT2D eigenvalue weighted by atomic mass is 35.5. The average molecular weight is 926 g/mol. The monoisotopic (exact) mass is 917 g/mol. The van der Waals surface area contributed by atoms with Crippen LogP contribution in [-0.2, 0) is 0 Å². The van der Waals surface area contributed by atoms with E-state index in [0.717, 1.165) is 0 Å². The first-order valence-electron chi connectivity index (χ1n) is 10.2. The van der Waals surface area contributed by atoms with Crippen LogP contribution >= 0.6 is 209 Å². The van der Waals surface area contributed by atoms with Crippen molar-refractivity contribution in [2.45, 2.75) is 0 Å². The van der Waals surface area contributed by atoms with Crippen molar-refractivity contribution in [3.63, 3.8) is 0 Å². The second kappa shape index (κ2) is 13.9. The Hall–Kier alpha value is 2.10. The number of benzene rings is 4. The minimum Gasteiger partial charge on any atom is -0.0819 e. The van der Waals surface area contributed by atoms with E-state index in [2.05, 4.69) is 0 Å². The minimum absolute atomic E-state index is 0.0632. The molecule has 0 aliphatic carbocycles.